The first-order valence-electron chi connectivity index (χ1n) is 15.4. The van der Waals surface area contributed by atoms with E-state index < -0.39 is 23.3 Å². The van der Waals surface area contributed by atoms with E-state index >= 15 is 0 Å². The van der Waals surface area contributed by atoms with Crippen LogP contribution in [-0.2, 0) is 14.3 Å². The van der Waals surface area contributed by atoms with Crippen molar-refractivity contribution in [2.24, 2.45) is 23.2 Å². The molecule has 4 atom stereocenters. The summed E-state index contributed by atoms with van der Waals surface area (Å²) in [4.78, 5) is 66.1. The molecule has 0 bridgehead atoms. The van der Waals surface area contributed by atoms with E-state index in [0.717, 1.165) is 18.4 Å². The predicted octanol–water partition coefficient (Wildman–Crippen LogP) is 3.14. The van der Waals surface area contributed by atoms with Gasteiger partial charge in [0.15, 0.2) is 5.82 Å². The average Bonchev–Trinajstić information content (AvgIpc) is 3.53. The van der Waals surface area contributed by atoms with Crippen molar-refractivity contribution in [1.82, 2.24) is 25.1 Å². The molecule has 5 rings (SSSR count). The Morgan fingerprint density at radius 1 is 1.00 bits per heavy atom. The molecular formula is C32H42N6O6. The van der Waals surface area contributed by atoms with Crippen LogP contribution in [0.4, 0.5) is 10.6 Å². The summed E-state index contributed by atoms with van der Waals surface area (Å²) < 4.78 is 5.32. The van der Waals surface area contributed by atoms with E-state index in [2.05, 4.69) is 10.3 Å². The van der Waals surface area contributed by atoms with Gasteiger partial charge in [0.05, 0.1) is 12.5 Å². The summed E-state index contributed by atoms with van der Waals surface area (Å²) in [5, 5.41) is 12.4. The maximum atomic E-state index is 13.8. The number of amides is 3. The summed E-state index contributed by atoms with van der Waals surface area (Å²) in [5.74, 6) is -0.727. The first-order valence-corrected chi connectivity index (χ1v) is 15.4. The van der Waals surface area contributed by atoms with Crippen molar-refractivity contribution in [3.05, 3.63) is 42.1 Å². The number of fused-ring (bicyclic) bond motifs is 1. The number of nitrogens with zero attached hydrogens (tertiary/aromatic N) is 5. The molecule has 3 fully saturated rings. The molecule has 3 heterocycles. The van der Waals surface area contributed by atoms with Crippen LogP contribution in [0.1, 0.15) is 51.0 Å². The topological polar surface area (TPSA) is 145 Å². The van der Waals surface area contributed by atoms with Crippen LogP contribution in [0.15, 0.2) is 36.4 Å². The largest absolute Gasteiger partial charge is 0.481 e. The number of carbonyl (C=O) groups is 4. The van der Waals surface area contributed by atoms with Crippen molar-refractivity contribution in [1.29, 1.82) is 0 Å². The number of carboxylic acids is 1. The molecular weight excluding hydrogens is 564 g/mol. The first-order chi connectivity index (χ1) is 21.0. The SMILES string of the molecule is CCCCOC(=O)N1CCN(C(=O)[C@@H](NC(=O)c2cc(N3C[C@@H]4[C@H](C3)[C@H]4C(=O)O)nc(-c3ccccc3)n2)C(C)(C)C)CC1. The minimum Gasteiger partial charge on any atom is -0.481 e. The van der Waals surface area contributed by atoms with Gasteiger partial charge >= 0.3 is 12.1 Å². The third kappa shape index (κ3) is 6.79. The molecule has 12 nitrogen and oxygen atoms in total. The summed E-state index contributed by atoms with van der Waals surface area (Å²) in [5.41, 5.74) is 0.264. The van der Waals surface area contributed by atoms with E-state index in [9.17, 15) is 24.3 Å². The number of hydrogen-bond donors (Lipinski definition) is 2. The van der Waals surface area contributed by atoms with Crippen LogP contribution < -0.4 is 10.2 Å². The molecule has 2 N–H and O–H groups in total. The van der Waals surface area contributed by atoms with Gasteiger partial charge in [-0.3, -0.25) is 14.4 Å². The molecule has 12 heteroatoms. The number of unbranched alkanes of at least 4 members (excludes halogenated alkanes) is 1. The van der Waals surface area contributed by atoms with Crippen LogP contribution >= 0.6 is 0 Å². The normalized spacial score (nSPS) is 21.8. The van der Waals surface area contributed by atoms with Crippen molar-refractivity contribution in [2.75, 3.05) is 50.8 Å². The highest BCUT2D eigenvalue weighted by atomic mass is 16.6. The second kappa shape index (κ2) is 12.8. The van der Waals surface area contributed by atoms with Gasteiger partial charge in [-0.05, 0) is 23.7 Å². The van der Waals surface area contributed by atoms with Gasteiger partial charge in [-0.25, -0.2) is 14.8 Å². The number of ether oxygens (including phenoxy) is 1. The fraction of sp³-hybridized carbons (Fsp3) is 0.562. The number of piperazine rings is 1. The standard InChI is InChI=1S/C32H42N6O6/c1-5-6-16-44-31(43)37-14-12-36(13-15-37)29(40)26(32(2,3)4)35-28(39)23-17-24(34-27(33-23)20-10-8-7-9-11-20)38-18-21-22(19-38)25(21)30(41)42/h7-11,17,21-22,25-26H,5-6,12-16,18-19H2,1-4H3,(H,35,39)(H,41,42)/t21-,22+,25+,26-/m1/s1. The summed E-state index contributed by atoms with van der Waals surface area (Å²) >= 11 is 0. The second-order valence-corrected chi connectivity index (χ2v) is 13.0. The molecule has 2 aliphatic heterocycles. The molecule has 0 unspecified atom stereocenters. The lowest BCUT2D eigenvalue weighted by atomic mass is 9.85. The van der Waals surface area contributed by atoms with E-state index in [4.69, 9.17) is 9.72 Å². The zero-order chi connectivity index (χ0) is 31.6. The van der Waals surface area contributed by atoms with Crippen LogP contribution in [-0.4, -0.2) is 101 Å². The molecule has 2 aromatic rings. The van der Waals surface area contributed by atoms with Gasteiger partial charge in [0.1, 0.15) is 17.6 Å². The molecule has 1 saturated carbocycles. The summed E-state index contributed by atoms with van der Waals surface area (Å²) in [6.45, 7) is 10.6. The molecule has 0 spiro atoms. The monoisotopic (exact) mass is 606 g/mol. The van der Waals surface area contributed by atoms with Crippen LogP contribution in [0.3, 0.4) is 0 Å². The Morgan fingerprint density at radius 3 is 2.23 bits per heavy atom. The van der Waals surface area contributed by atoms with Crippen molar-refractivity contribution in [3.63, 3.8) is 0 Å². The summed E-state index contributed by atoms with van der Waals surface area (Å²) in [6, 6.07) is 10.1. The molecule has 1 aromatic carbocycles. The van der Waals surface area contributed by atoms with Crippen LogP contribution in [0, 0.1) is 23.2 Å². The molecule has 1 aliphatic carbocycles. The van der Waals surface area contributed by atoms with Crippen molar-refractivity contribution < 1.29 is 29.0 Å². The number of carboxylic acid groups (broad SMARTS) is 1. The molecule has 3 amide bonds. The van der Waals surface area contributed by atoms with Crippen LogP contribution in [0.25, 0.3) is 11.4 Å². The van der Waals surface area contributed by atoms with Crippen LogP contribution in [0.5, 0.6) is 0 Å². The number of piperidine rings is 1. The minimum atomic E-state index is -0.840. The van der Waals surface area contributed by atoms with Crippen molar-refractivity contribution in [3.8, 4) is 11.4 Å². The van der Waals surface area contributed by atoms with Crippen molar-refractivity contribution in [2.45, 2.75) is 46.6 Å². The number of rotatable bonds is 9. The van der Waals surface area contributed by atoms with E-state index in [-0.39, 0.29) is 35.4 Å². The fourth-order valence-electron chi connectivity index (χ4n) is 6.05. The van der Waals surface area contributed by atoms with Gasteiger partial charge < -0.3 is 29.9 Å². The Balaban J connectivity index is 1.31. The van der Waals surface area contributed by atoms with Gasteiger partial charge in [-0.2, -0.15) is 0 Å². The highest BCUT2D eigenvalue weighted by Crippen LogP contribution is 2.52. The maximum absolute atomic E-state index is 13.8. The average molecular weight is 607 g/mol. The quantitative estimate of drug-likeness (QED) is 0.411. The Bertz CT molecular complexity index is 1380. The third-order valence-corrected chi connectivity index (χ3v) is 8.74. The van der Waals surface area contributed by atoms with E-state index in [0.29, 0.717) is 57.5 Å². The van der Waals surface area contributed by atoms with E-state index in [1.165, 1.54) is 0 Å². The lowest BCUT2D eigenvalue weighted by molar-refractivity contribution is -0.139. The first kappa shape index (κ1) is 31.2. The number of anilines is 1. The van der Waals surface area contributed by atoms with Gasteiger partial charge in [0.2, 0.25) is 5.91 Å². The Morgan fingerprint density at radius 2 is 1.64 bits per heavy atom. The van der Waals surface area contributed by atoms with Gasteiger partial charge in [-0.1, -0.05) is 64.4 Å². The fourth-order valence-corrected chi connectivity index (χ4v) is 6.05. The lowest BCUT2D eigenvalue weighted by Gasteiger charge is -2.39. The van der Waals surface area contributed by atoms with Gasteiger partial charge in [0, 0.05) is 50.9 Å². The Hall–Kier alpha value is -4.22. The Kier molecular flexibility index (Phi) is 9.07. The highest BCUT2D eigenvalue weighted by Gasteiger charge is 2.60. The molecule has 236 valence electrons. The zero-order valence-corrected chi connectivity index (χ0v) is 25.9. The zero-order valence-electron chi connectivity index (χ0n) is 25.9. The molecule has 0 radical (unpaired) electrons. The number of aliphatic carboxylic acids is 1. The summed E-state index contributed by atoms with van der Waals surface area (Å²) in [7, 11) is 0. The van der Waals surface area contributed by atoms with E-state index in [1.54, 1.807) is 15.9 Å². The predicted molar refractivity (Wildman–Crippen MR) is 163 cm³/mol. The molecule has 44 heavy (non-hydrogen) atoms. The highest BCUT2D eigenvalue weighted by molar-refractivity contribution is 5.97. The second-order valence-electron chi connectivity index (χ2n) is 13.0. The molecule has 3 aliphatic rings. The Labute approximate surface area is 257 Å². The molecule has 2 saturated heterocycles. The van der Waals surface area contributed by atoms with Gasteiger partial charge in [-0.15, -0.1) is 0 Å². The summed E-state index contributed by atoms with van der Waals surface area (Å²) in [6.07, 6.45) is 1.38. The number of nitrogens with one attached hydrogen (secondary N) is 1. The molecule has 1 aromatic heterocycles. The third-order valence-electron chi connectivity index (χ3n) is 8.74. The number of carbonyl (C=O) groups excluding carboxylic acids is 3. The van der Waals surface area contributed by atoms with Gasteiger partial charge in [0.25, 0.3) is 5.91 Å². The maximum Gasteiger partial charge on any atom is 0.409 e. The number of aromatic nitrogens is 2. The smallest absolute Gasteiger partial charge is 0.409 e. The number of benzene rings is 1. The lowest BCUT2D eigenvalue weighted by Crippen LogP contribution is -2.59. The van der Waals surface area contributed by atoms with E-state index in [1.807, 2.05) is 62.9 Å². The van der Waals surface area contributed by atoms with Crippen molar-refractivity contribution >= 4 is 29.7 Å². The minimum absolute atomic E-state index is 0.0708. The number of hydrogen-bond acceptors (Lipinski definition) is 8. The van der Waals surface area contributed by atoms with Crippen LogP contribution in [0.2, 0.25) is 0 Å².